The van der Waals surface area contributed by atoms with Gasteiger partial charge in [0.25, 0.3) is 0 Å². The Kier molecular flexibility index (Phi) is 3.55. The van der Waals surface area contributed by atoms with Gasteiger partial charge in [-0.2, -0.15) is 0 Å². The molecule has 1 aliphatic rings. The topological polar surface area (TPSA) is 66.4 Å². The Bertz CT molecular complexity index is 328. The van der Waals surface area contributed by atoms with Crippen LogP contribution in [0.2, 0.25) is 0 Å². The van der Waals surface area contributed by atoms with Gasteiger partial charge in [-0.3, -0.25) is 9.59 Å². The van der Waals surface area contributed by atoms with Crippen molar-refractivity contribution in [1.29, 1.82) is 0 Å². The predicted octanol–water partition coefficient (Wildman–Crippen LogP) is 2.04. The number of carbonyl (C=O) groups excluding carboxylic acids is 1. The van der Waals surface area contributed by atoms with E-state index in [1.165, 1.54) is 0 Å². The third-order valence-electron chi connectivity index (χ3n) is 3.57. The van der Waals surface area contributed by atoms with Gasteiger partial charge in [-0.05, 0) is 17.3 Å². The first-order valence-corrected chi connectivity index (χ1v) is 6.06. The summed E-state index contributed by atoms with van der Waals surface area (Å²) in [5.74, 6) is -0.836. The van der Waals surface area contributed by atoms with Gasteiger partial charge in [-0.15, -0.1) is 0 Å². The first-order valence-electron chi connectivity index (χ1n) is 6.06. The van der Waals surface area contributed by atoms with E-state index < -0.39 is 5.97 Å². The van der Waals surface area contributed by atoms with E-state index in [1.807, 2.05) is 20.8 Å². The molecule has 1 amide bonds. The molecular formula is C13H23NO3. The smallest absolute Gasteiger partial charge is 0.305 e. The van der Waals surface area contributed by atoms with Crippen molar-refractivity contribution in [3.63, 3.8) is 0 Å². The van der Waals surface area contributed by atoms with Crippen molar-refractivity contribution in [3.8, 4) is 0 Å². The lowest BCUT2D eigenvalue weighted by atomic mass is 9.84. The number of carboxylic acids is 1. The van der Waals surface area contributed by atoms with Crippen molar-refractivity contribution in [1.82, 2.24) is 5.32 Å². The van der Waals surface area contributed by atoms with Gasteiger partial charge in [-0.1, -0.05) is 34.6 Å². The molecule has 1 rings (SSSR count). The third kappa shape index (κ3) is 3.72. The van der Waals surface area contributed by atoms with Crippen molar-refractivity contribution >= 4 is 11.9 Å². The summed E-state index contributed by atoms with van der Waals surface area (Å²) in [4.78, 5) is 22.8. The summed E-state index contributed by atoms with van der Waals surface area (Å²) in [5, 5.41) is 11.8. The molecule has 17 heavy (non-hydrogen) atoms. The van der Waals surface area contributed by atoms with E-state index >= 15 is 0 Å². The fourth-order valence-corrected chi connectivity index (χ4v) is 1.94. The monoisotopic (exact) mass is 241 g/mol. The van der Waals surface area contributed by atoms with Crippen LogP contribution in [0.15, 0.2) is 0 Å². The molecule has 4 heteroatoms. The first kappa shape index (κ1) is 14.0. The van der Waals surface area contributed by atoms with Gasteiger partial charge >= 0.3 is 5.97 Å². The molecule has 0 aromatic rings. The maximum absolute atomic E-state index is 12.0. The molecule has 0 aromatic heterocycles. The van der Waals surface area contributed by atoms with E-state index in [9.17, 15) is 9.59 Å². The Morgan fingerprint density at radius 2 is 1.88 bits per heavy atom. The molecule has 1 fully saturated rings. The fourth-order valence-electron chi connectivity index (χ4n) is 1.94. The van der Waals surface area contributed by atoms with Crippen LogP contribution < -0.4 is 5.32 Å². The Hall–Kier alpha value is -1.06. The van der Waals surface area contributed by atoms with Gasteiger partial charge in [0.05, 0.1) is 6.42 Å². The number of nitrogens with one attached hydrogen (secondary N) is 1. The van der Waals surface area contributed by atoms with E-state index in [4.69, 9.17) is 5.11 Å². The fraction of sp³-hybridized carbons (Fsp3) is 0.846. The number of amides is 1. The molecule has 98 valence electrons. The van der Waals surface area contributed by atoms with E-state index in [-0.39, 0.29) is 35.1 Å². The minimum Gasteiger partial charge on any atom is -0.481 e. The Morgan fingerprint density at radius 3 is 2.18 bits per heavy atom. The lowest BCUT2D eigenvalue weighted by Crippen LogP contribution is -2.46. The minimum absolute atomic E-state index is 0.00354. The molecular weight excluding hydrogens is 218 g/mol. The highest BCUT2D eigenvalue weighted by Crippen LogP contribution is 2.51. The number of carbonyl (C=O) groups is 2. The van der Waals surface area contributed by atoms with E-state index in [1.54, 1.807) is 0 Å². The summed E-state index contributed by atoms with van der Waals surface area (Å²) < 4.78 is 0. The third-order valence-corrected chi connectivity index (χ3v) is 3.57. The van der Waals surface area contributed by atoms with Gasteiger partial charge in [0.15, 0.2) is 0 Å². The van der Waals surface area contributed by atoms with Crippen LogP contribution in [0, 0.1) is 16.7 Å². The molecule has 0 spiro atoms. The van der Waals surface area contributed by atoms with Crippen molar-refractivity contribution in [2.75, 3.05) is 0 Å². The Labute approximate surface area is 103 Å². The second kappa shape index (κ2) is 4.31. The maximum Gasteiger partial charge on any atom is 0.305 e. The zero-order valence-corrected chi connectivity index (χ0v) is 11.3. The van der Waals surface area contributed by atoms with E-state index in [0.29, 0.717) is 0 Å². The van der Waals surface area contributed by atoms with E-state index in [2.05, 4.69) is 19.2 Å². The number of hydrogen-bond acceptors (Lipinski definition) is 2. The molecule has 4 nitrogen and oxygen atoms in total. The number of aliphatic carboxylic acids is 1. The highest BCUT2D eigenvalue weighted by Gasteiger charge is 2.51. The zero-order valence-electron chi connectivity index (χ0n) is 11.3. The first-order chi connectivity index (χ1) is 7.54. The van der Waals surface area contributed by atoms with Gasteiger partial charge in [-0.25, -0.2) is 0 Å². The Balaban J connectivity index is 2.61. The van der Waals surface area contributed by atoms with Crippen molar-refractivity contribution < 1.29 is 14.7 Å². The van der Waals surface area contributed by atoms with Crippen LogP contribution >= 0.6 is 0 Å². The normalized spacial score (nSPS) is 23.9. The summed E-state index contributed by atoms with van der Waals surface area (Å²) in [7, 11) is 0. The van der Waals surface area contributed by atoms with Gasteiger partial charge in [0.1, 0.15) is 0 Å². The minimum atomic E-state index is -0.875. The second-order valence-electron chi connectivity index (χ2n) is 6.77. The molecule has 0 radical (unpaired) electrons. The quantitative estimate of drug-likeness (QED) is 0.791. The SMILES string of the molecule is CC(C)(C)C(CC(=O)O)NC(=O)C1CC1(C)C. The summed E-state index contributed by atoms with van der Waals surface area (Å²) in [6.07, 6.45) is 0.866. The van der Waals surface area contributed by atoms with Crippen LogP contribution in [-0.4, -0.2) is 23.0 Å². The molecule has 1 aliphatic carbocycles. The van der Waals surface area contributed by atoms with Gasteiger partial charge in [0.2, 0.25) is 5.91 Å². The largest absolute Gasteiger partial charge is 0.481 e. The molecule has 0 bridgehead atoms. The standard InChI is InChI=1S/C13H23NO3/c1-12(2,3)9(6-10(15)16)14-11(17)8-7-13(8,4)5/h8-9H,6-7H2,1-5H3,(H,14,17)(H,15,16). The Morgan fingerprint density at radius 1 is 1.41 bits per heavy atom. The molecule has 2 atom stereocenters. The van der Waals surface area contributed by atoms with Crippen molar-refractivity contribution in [2.24, 2.45) is 16.7 Å². The highest BCUT2D eigenvalue weighted by molar-refractivity contribution is 5.83. The van der Waals surface area contributed by atoms with Crippen molar-refractivity contribution in [2.45, 2.75) is 53.5 Å². The molecule has 0 heterocycles. The maximum atomic E-state index is 12.0. The molecule has 0 aliphatic heterocycles. The predicted molar refractivity (Wildman–Crippen MR) is 65.5 cm³/mol. The molecule has 1 saturated carbocycles. The summed E-state index contributed by atoms with van der Waals surface area (Å²) in [6, 6.07) is -0.316. The number of rotatable bonds is 4. The van der Waals surface area contributed by atoms with Crippen LogP contribution in [0.4, 0.5) is 0 Å². The summed E-state index contributed by atoms with van der Waals surface area (Å²) >= 11 is 0. The van der Waals surface area contributed by atoms with Crippen LogP contribution in [0.3, 0.4) is 0 Å². The number of carboxylic acid groups (broad SMARTS) is 1. The van der Waals surface area contributed by atoms with Gasteiger partial charge in [0, 0.05) is 12.0 Å². The molecule has 2 unspecified atom stereocenters. The zero-order chi connectivity index (χ0) is 13.4. The van der Waals surface area contributed by atoms with Crippen LogP contribution in [0.5, 0.6) is 0 Å². The molecule has 0 saturated heterocycles. The second-order valence-corrected chi connectivity index (χ2v) is 6.77. The van der Waals surface area contributed by atoms with Crippen LogP contribution in [0.25, 0.3) is 0 Å². The summed E-state index contributed by atoms with van der Waals surface area (Å²) in [5.41, 5.74) is -0.164. The lowest BCUT2D eigenvalue weighted by Gasteiger charge is -2.30. The average Bonchev–Trinajstić information content (AvgIpc) is 2.71. The molecule has 0 aromatic carbocycles. The van der Waals surface area contributed by atoms with Crippen molar-refractivity contribution in [3.05, 3.63) is 0 Å². The number of hydrogen-bond donors (Lipinski definition) is 2. The van der Waals surface area contributed by atoms with Gasteiger partial charge < -0.3 is 10.4 Å². The van der Waals surface area contributed by atoms with Crippen LogP contribution in [-0.2, 0) is 9.59 Å². The average molecular weight is 241 g/mol. The highest BCUT2D eigenvalue weighted by atomic mass is 16.4. The van der Waals surface area contributed by atoms with Crippen LogP contribution in [0.1, 0.15) is 47.5 Å². The lowest BCUT2D eigenvalue weighted by molar-refractivity contribution is -0.138. The molecule has 2 N–H and O–H groups in total. The summed E-state index contributed by atoms with van der Waals surface area (Å²) in [6.45, 7) is 9.94. The van der Waals surface area contributed by atoms with E-state index in [0.717, 1.165) is 6.42 Å².